The van der Waals surface area contributed by atoms with Crippen molar-refractivity contribution in [2.45, 2.75) is 40.7 Å². The predicted molar refractivity (Wildman–Crippen MR) is 69.5 cm³/mol. The Morgan fingerprint density at radius 2 is 1.94 bits per heavy atom. The van der Waals surface area contributed by atoms with E-state index in [9.17, 15) is 0 Å². The van der Waals surface area contributed by atoms with Crippen LogP contribution in [-0.2, 0) is 13.0 Å². The van der Waals surface area contributed by atoms with E-state index in [1.54, 1.807) is 0 Å². The molecule has 0 amide bonds. The number of aryl methyl sites for hydroxylation is 4. The highest BCUT2D eigenvalue weighted by Gasteiger charge is 2.06. The van der Waals surface area contributed by atoms with Crippen molar-refractivity contribution in [3.63, 3.8) is 0 Å². The van der Waals surface area contributed by atoms with Gasteiger partial charge >= 0.3 is 0 Å². The standard InChI is InChI=1S/C13H18N4O/c1-5-11-6-12(17-10(4)16-11)14-7-13-15-8(2)9(3)18-13/h6H,5,7H2,1-4H3,(H,14,16,17). The van der Waals surface area contributed by atoms with Gasteiger partial charge in [-0.1, -0.05) is 6.92 Å². The fourth-order valence-electron chi connectivity index (χ4n) is 1.68. The van der Waals surface area contributed by atoms with Crippen molar-refractivity contribution >= 4 is 5.82 Å². The lowest BCUT2D eigenvalue weighted by molar-refractivity contribution is 0.478. The lowest BCUT2D eigenvalue weighted by Crippen LogP contribution is -2.05. The normalized spacial score (nSPS) is 10.7. The molecule has 0 spiro atoms. The van der Waals surface area contributed by atoms with Gasteiger partial charge < -0.3 is 9.73 Å². The SMILES string of the molecule is CCc1cc(NCc2nc(C)c(C)o2)nc(C)n1. The zero-order chi connectivity index (χ0) is 13.1. The van der Waals surface area contributed by atoms with E-state index in [1.807, 2.05) is 26.8 Å². The molecule has 2 heterocycles. The maximum Gasteiger partial charge on any atom is 0.213 e. The Morgan fingerprint density at radius 3 is 2.56 bits per heavy atom. The number of nitrogens with one attached hydrogen (secondary N) is 1. The summed E-state index contributed by atoms with van der Waals surface area (Å²) in [5.41, 5.74) is 1.96. The summed E-state index contributed by atoms with van der Waals surface area (Å²) in [6, 6.07) is 1.95. The first-order valence-corrected chi connectivity index (χ1v) is 6.10. The summed E-state index contributed by atoms with van der Waals surface area (Å²) in [4.78, 5) is 13.0. The number of aromatic nitrogens is 3. The quantitative estimate of drug-likeness (QED) is 0.898. The van der Waals surface area contributed by atoms with Gasteiger partial charge in [0, 0.05) is 11.8 Å². The third-order valence-electron chi connectivity index (χ3n) is 2.75. The third-order valence-corrected chi connectivity index (χ3v) is 2.75. The Morgan fingerprint density at radius 1 is 1.17 bits per heavy atom. The topological polar surface area (TPSA) is 63.8 Å². The fourth-order valence-corrected chi connectivity index (χ4v) is 1.68. The molecule has 18 heavy (non-hydrogen) atoms. The van der Waals surface area contributed by atoms with Crippen molar-refractivity contribution in [3.8, 4) is 0 Å². The molecule has 0 saturated carbocycles. The van der Waals surface area contributed by atoms with Crippen molar-refractivity contribution in [2.24, 2.45) is 0 Å². The second-order valence-electron chi connectivity index (χ2n) is 4.25. The van der Waals surface area contributed by atoms with Crippen LogP contribution in [0.25, 0.3) is 0 Å². The maximum atomic E-state index is 5.51. The lowest BCUT2D eigenvalue weighted by Gasteiger charge is -2.05. The van der Waals surface area contributed by atoms with E-state index < -0.39 is 0 Å². The summed E-state index contributed by atoms with van der Waals surface area (Å²) in [7, 11) is 0. The summed E-state index contributed by atoms with van der Waals surface area (Å²) in [5, 5.41) is 3.21. The minimum Gasteiger partial charge on any atom is -0.444 e. The van der Waals surface area contributed by atoms with Crippen molar-refractivity contribution < 1.29 is 4.42 Å². The zero-order valence-electron chi connectivity index (χ0n) is 11.2. The van der Waals surface area contributed by atoms with E-state index >= 15 is 0 Å². The Kier molecular flexibility index (Phi) is 3.60. The first kappa shape index (κ1) is 12.5. The van der Waals surface area contributed by atoms with Crippen LogP contribution in [0.4, 0.5) is 5.82 Å². The molecule has 2 aromatic rings. The molecule has 2 rings (SSSR count). The Balaban J connectivity index is 2.07. The third kappa shape index (κ3) is 2.85. The number of anilines is 1. The van der Waals surface area contributed by atoms with Crippen molar-refractivity contribution in [1.82, 2.24) is 15.0 Å². The predicted octanol–water partition coefficient (Wildman–Crippen LogP) is 2.56. The van der Waals surface area contributed by atoms with E-state index in [-0.39, 0.29) is 0 Å². The summed E-state index contributed by atoms with van der Waals surface area (Å²) >= 11 is 0. The largest absolute Gasteiger partial charge is 0.444 e. The van der Waals surface area contributed by atoms with Crippen molar-refractivity contribution in [1.29, 1.82) is 0 Å². The molecule has 0 bridgehead atoms. The van der Waals surface area contributed by atoms with Gasteiger partial charge in [-0.25, -0.2) is 15.0 Å². The molecule has 0 aliphatic rings. The van der Waals surface area contributed by atoms with Crippen LogP contribution >= 0.6 is 0 Å². The molecule has 2 aromatic heterocycles. The molecule has 0 atom stereocenters. The van der Waals surface area contributed by atoms with E-state index in [4.69, 9.17) is 4.42 Å². The summed E-state index contributed by atoms with van der Waals surface area (Å²) < 4.78 is 5.51. The highest BCUT2D eigenvalue weighted by molar-refractivity contribution is 5.36. The molecular formula is C13H18N4O. The summed E-state index contributed by atoms with van der Waals surface area (Å²) in [6.07, 6.45) is 0.898. The first-order valence-electron chi connectivity index (χ1n) is 6.10. The number of rotatable bonds is 4. The van der Waals surface area contributed by atoms with Crippen molar-refractivity contribution in [2.75, 3.05) is 5.32 Å². The van der Waals surface area contributed by atoms with Gasteiger partial charge in [0.05, 0.1) is 12.2 Å². The van der Waals surface area contributed by atoms with Gasteiger partial charge in [-0.15, -0.1) is 0 Å². The molecule has 0 aromatic carbocycles. The number of nitrogens with zero attached hydrogens (tertiary/aromatic N) is 3. The van der Waals surface area contributed by atoms with Gasteiger partial charge in [0.25, 0.3) is 0 Å². The second-order valence-corrected chi connectivity index (χ2v) is 4.25. The number of hydrogen-bond acceptors (Lipinski definition) is 5. The molecule has 0 saturated heterocycles. The van der Waals surface area contributed by atoms with Gasteiger partial charge in [0.2, 0.25) is 5.89 Å². The van der Waals surface area contributed by atoms with Gasteiger partial charge in [0.15, 0.2) is 0 Å². The van der Waals surface area contributed by atoms with Crippen LogP contribution in [0.1, 0.15) is 35.8 Å². The summed E-state index contributed by atoms with van der Waals surface area (Å²) in [5.74, 6) is 3.13. The van der Waals surface area contributed by atoms with Crippen LogP contribution in [0.3, 0.4) is 0 Å². The van der Waals surface area contributed by atoms with Gasteiger partial charge in [0.1, 0.15) is 17.4 Å². The molecule has 1 N–H and O–H groups in total. The fraction of sp³-hybridized carbons (Fsp3) is 0.462. The molecule has 0 aliphatic carbocycles. The van der Waals surface area contributed by atoms with E-state index in [0.29, 0.717) is 12.4 Å². The van der Waals surface area contributed by atoms with Gasteiger partial charge in [-0.05, 0) is 27.2 Å². The zero-order valence-corrected chi connectivity index (χ0v) is 11.2. The summed E-state index contributed by atoms with van der Waals surface area (Å²) in [6.45, 7) is 8.35. The monoisotopic (exact) mass is 246 g/mol. The Bertz CT molecular complexity index is 528. The number of hydrogen-bond donors (Lipinski definition) is 1. The Labute approximate surface area is 107 Å². The van der Waals surface area contributed by atoms with Crippen LogP contribution in [0.5, 0.6) is 0 Å². The molecule has 0 aliphatic heterocycles. The minimum atomic E-state index is 0.536. The molecular weight excluding hydrogens is 228 g/mol. The Hall–Kier alpha value is -1.91. The van der Waals surface area contributed by atoms with Crippen LogP contribution in [0, 0.1) is 20.8 Å². The second kappa shape index (κ2) is 5.16. The highest BCUT2D eigenvalue weighted by Crippen LogP contribution is 2.11. The first-order chi connectivity index (χ1) is 8.58. The van der Waals surface area contributed by atoms with E-state index in [2.05, 4.69) is 27.2 Å². The molecule has 0 fully saturated rings. The van der Waals surface area contributed by atoms with Gasteiger partial charge in [-0.3, -0.25) is 0 Å². The van der Waals surface area contributed by atoms with Crippen LogP contribution in [0.15, 0.2) is 10.5 Å². The lowest BCUT2D eigenvalue weighted by atomic mass is 10.3. The smallest absolute Gasteiger partial charge is 0.213 e. The molecule has 0 radical (unpaired) electrons. The van der Waals surface area contributed by atoms with Crippen LogP contribution in [0.2, 0.25) is 0 Å². The molecule has 5 heteroatoms. The molecule has 96 valence electrons. The maximum absolute atomic E-state index is 5.51. The van der Waals surface area contributed by atoms with Crippen molar-refractivity contribution in [3.05, 3.63) is 34.9 Å². The minimum absolute atomic E-state index is 0.536. The average Bonchev–Trinajstić information content (AvgIpc) is 2.65. The van der Waals surface area contributed by atoms with E-state index in [0.717, 1.165) is 35.2 Å². The average molecular weight is 246 g/mol. The van der Waals surface area contributed by atoms with Gasteiger partial charge in [-0.2, -0.15) is 0 Å². The van der Waals surface area contributed by atoms with Crippen LogP contribution in [-0.4, -0.2) is 15.0 Å². The molecule has 5 nitrogen and oxygen atoms in total. The highest BCUT2D eigenvalue weighted by atomic mass is 16.4. The van der Waals surface area contributed by atoms with E-state index in [1.165, 1.54) is 0 Å². The molecule has 0 unspecified atom stereocenters. The van der Waals surface area contributed by atoms with Crippen LogP contribution < -0.4 is 5.32 Å². The number of oxazole rings is 1.